The van der Waals surface area contributed by atoms with Gasteiger partial charge in [-0.05, 0) is 50.6 Å². The van der Waals surface area contributed by atoms with Crippen molar-refractivity contribution in [1.82, 2.24) is 4.90 Å². The summed E-state index contributed by atoms with van der Waals surface area (Å²) in [6.07, 6.45) is 5.42. The van der Waals surface area contributed by atoms with Gasteiger partial charge in [0.25, 0.3) is 0 Å². The average Bonchev–Trinajstić information content (AvgIpc) is 2.45. The number of piperidine rings is 1. The van der Waals surface area contributed by atoms with Crippen LogP contribution in [0.1, 0.15) is 67.2 Å². The summed E-state index contributed by atoms with van der Waals surface area (Å²) in [5.74, 6) is 1.86. The summed E-state index contributed by atoms with van der Waals surface area (Å²) in [5, 5.41) is 0. The molecular formula is C17H39NO. The first-order chi connectivity index (χ1) is 9.22. The summed E-state index contributed by atoms with van der Waals surface area (Å²) in [6, 6.07) is 0. The molecule has 19 heavy (non-hydrogen) atoms. The third kappa shape index (κ3) is 12.7. The lowest BCUT2D eigenvalue weighted by molar-refractivity contribution is 0.141. The van der Waals surface area contributed by atoms with Crippen LogP contribution in [0.15, 0.2) is 0 Å². The van der Waals surface area contributed by atoms with Gasteiger partial charge in [0.05, 0.1) is 0 Å². The fourth-order valence-electron chi connectivity index (χ4n) is 2.54. The Morgan fingerprint density at radius 1 is 1.05 bits per heavy atom. The largest absolute Gasteiger partial charge is 0.385 e. The Morgan fingerprint density at radius 3 is 2.00 bits per heavy atom. The van der Waals surface area contributed by atoms with Crippen molar-refractivity contribution in [2.75, 3.05) is 33.4 Å². The molecule has 2 heteroatoms. The Bertz CT molecular complexity index is 151. The predicted octanol–water partition coefficient (Wildman–Crippen LogP) is 4.83. The Labute approximate surface area is 122 Å². The molecule has 1 aliphatic rings. The van der Waals surface area contributed by atoms with Gasteiger partial charge < -0.3 is 9.64 Å². The van der Waals surface area contributed by atoms with Gasteiger partial charge in [-0.3, -0.25) is 0 Å². The van der Waals surface area contributed by atoms with Crippen molar-refractivity contribution in [3.63, 3.8) is 0 Å². The zero-order chi connectivity index (χ0) is 15.1. The lowest BCUT2D eigenvalue weighted by Gasteiger charge is -2.32. The molecule has 1 saturated heterocycles. The summed E-state index contributed by atoms with van der Waals surface area (Å²) in [5.41, 5.74) is 0. The highest BCUT2D eigenvalue weighted by molar-refractivity contribution is 4.73. The molecule has 1 rings (SSSR count). The SMILES string of the molecule is CC.CC.COCCCN1CCC(CC(C)C)CC1. The second kappa shape index (κ2) is 16.0. The number of hydrogen-bond donors (Lipinski definition) is 0. The van der Waals surface area contributed by atoms with Crippen molar-refractivity contribution < 1.29 is 4.74 Å². The summed E-state index contributed by atoms with van der Waals surface area (Å²) in [4.78, 5) is 2.59. The fraction of sp³-hybridized carbons (Fsp3) is 1.00. The molecule has 0 saturated carbocycles. The molecule has 0 aromatic rings. The first-order valence-corrected chi connectivity index (χ1v) is 8.43. The number of nitrogens with zero attached hydrogens (tertiary/aromatic N) is 1. The van der Waals surface area contributed by atoms with Gasteiger partial charge in [0, 0.05) is 20.3 Å². The fourth-order valence-corrected chi connectivity index (χ4v) is 2.54. The molecule has 0 atom stereocenters. The van der Waals surface area contributed by atoms with E-state index in [1.54, 1.807) is 7.11 Å². The molecule has 118 valence electrons. The maximum atomic E-state index is 5.08. The van der Waals surface area contributed by atoms with E-state index < -0.39 is 0 Å². The first-order valence-electron chi connectivity index (χ1n) is 8.43. The number of rotatable bonds is 6. The van der Waals surface area contributed by atoms with Crippen molar-refractivity contribution in [2.45, 2.75) is 67.2 Å². The molecule has 0 N–H and O–H groups in total. The molecule has 0 aromatic heterocycles. The summed E-state index contributed by atoms with van der Waals surface area (Å²) in [7, 11) is 1.79. The monoisotopic (exact) mass is 273 g/mol. The Kier molecular flexibility index (Phi) is 17.8. The number of hydrogen-bond acceptors (Lipinski definition) is 2. The Balaban J connectivity index is 0. The van der Waals surface area contributed by atoms with Crippen LogP contribution in [0.25, 0.3) is 0 Å². The lowest BCUT2D eigenvalue weighted by atomic mass is 9.88. The van der Waals surface area contributed by atoms with E-state index in [1.807, 2.05) is 27.7 Å². The first kappa shape index (κ1) is 21.2. The van der Waals surface area contributed by atoms with Crippen LogP contribution < -0.4 is 0 Å². The zero-order valence-corrected chi connectivity index (χ0v) is 14.7. The minimum Gasteiger partial charge on any atom is -0.385 e. The summed E-state index contributed by atoms with van der Waals surface area (Å²) < 4.78 is 5.08. The van der Waals surface area contributed by atoms with E-state index in [2.05, 4.69) is 18.7 Å². The normalized spacial score (nSPS) is 16.4. The average molecular weight is 274 g/mol. The summed E-state index contributed by atoms with van der Waals surface area (Å²) in [6.45, 7) is 17.4. The smallest absolute Gasteiger partial charge is 0.0474 e. The van der Waals surface area contributed by atoms with E-state index in [-0.39, 0.29) is 0 Å². The zero-order valence-electron chi connectivity index (χ0n) is 14.7. The maximum Gasteiger partial charge on any atom is 0.0474 e. The highest BCUT2D eigenvalue weighted by atomic mass is 16.5. The van der Waals surface area contributed by atoms with Crippen LogP contribution in [0, 0.1) is 11.8 Å². The van der Waals surface area contributed by atoms with Crippen LogP contribution in [0.3, 0.4) is 0 Å². The van der Waals surface area contributed by atoms with Crippen molar-refractivity contribution in [3.8, 4) is 0 Å². The quantitative estimate of drug-likeness (QED) is 0.642. The molecule has 0 aromatic carbocycles. The lowest BCUT2D eigenvalue weighted by Crippen LogP contribution is -2.35. The second-order valence-electron chi connectivity index (χ2n) is 5.26. The number of ether oxygens (including phenoxy) is 1. The van der Waals surface area contributed by atoms with Crippen LogP contribution in [-0.2, 0) is 4.74 Å². The standard InChI is InChI=1S/C13H27NO.2C2H6/c1-12(2)11-13-5-8-14(9-6-13)7-4-10-15-3;2*1-2/h12-13H,4-11H2,1-3H3;2*1-2H3. The van der Waals surface area contributed by atoms with Gasteiger partial charge in [-0.15, -0.1) is 0 Å². The Morgan fingerprint density at radius 2 is 1.58 bits per heavy atom. The predicted molar refractivity (Wildman–Crippen MR) is 87.8 cm³/mol. The number of likely N-dealkylation sites (tertiary alicyclic amines) is 1. The highest BCUT2D eigenvalue weighted by Crippen LogP contribution is 2.23. The van der Waals surface area contributed by atoms with Crippen molar-refractivity contribution in [2.24, 2.45) is 11.8 Å². The van der Waals surface area contributed by atoms with Crippen molar-refractivity contribution in [1.29, 1.82) is 0 Å². The highest BCUT2D eigenvalue weighted by Gasteiger charge is 2.19. The van der Waals surface area contributed by atoms with E-state index in [1.165, 1.54) is 45.3 Å². The minimum atomic E-state index is 0.870. The van der Waals surface area contributed by atoms with Gasteiger partial charge in [-0.2, -0.15) is 0 Å². The van der Waals surface area contributed by atoms with Gasteiger partial charge in [0.1, 0.15) is 0 Å². The minimum absolute atomic E-state index is 0.870. The van der Waals surface area contributed by atoms with Crippen LogP contribution in [0.4, 0.5) is 0 Å². The van der Waals surface area contributed by atoms with Gasteiger partial charge in [0.15, 0.2) is 0 Å². The van der Waals surface area contributed by atoms with Crippen molar-refractivity contribution in [3.05, 3.63) is 0 Å². The van der Waals surface area contributed by atoms with Gasteiger partial charge in [-0.25, -0.2) is 0 Å². The third-order valence-electron chi connectivity index (χ3n) is 3.33. The van der Waals surface area contributed by atoms with Gasteiger partial charge in [0.2, 0.25) is 0 Å². The number of methoxy groups -OCH3 is 1. The molecule has 0 amide bonds. The molecule has 2 nitrogen and oxygen atoms in total. The van der Waals surface area contributed by atoms with E-state index in [0.717, 1.165) is 18.4 Å². The maximum absolute atomic E-state index is 5.08. The van der Waals surface area contributed by atoms with Crippen LogP contribution >= 0.6 is 0 Å². The molecule has 0 radical (unpaired) electrons. The van der Waals surface area contributed by atoms with Crippen LogP contribution in [-0.4, -0.2) is 38.3 Å². The molecule has 1 aliphatic heterocycles. The van der Waals surface area contributed by atoms with Gasteiger partial charge in [-0.1, -0.05) is 41.5 Å². The topological polar surface area (TPSA) is 12.5 Å². The molecule has 0 unspecified atom stereocenters. The Hall–Kier alpha value is -0.0800. The van der Waals surface area contributed by atoms with Gasteiger partial charge >= 0.3 is 0 Å². The molecule has 0 aliphatic carbocycles. The van der Waals surface area contributed by atoms with E-state index in [9.17, 15) is 0 Å². The molecule has 1 fully saturated rings. The molecule has 1 heterocycles. The molecular weight excluding hydrogens is 234 g/mol. The van der Waals surface area contributed by atoms with Crippen molar-refractivity contribution >= 4 is 0 Å². The van der Waals surface area contributed by atoms with E-state index in [0.29, 0.717) is 0 Å². The summed E-state index contributed by atoms with van der Waals surface area (Å²) >= 11 is 0. The third-order valence-corrected chi connectivity index (χ3v) is 3.33. The van der Waals surface area contributed by atoms with E-state index >= 15 is 0 Å². The van der Waals surface area contributed by atoms with E-state index in [4.69, 9.17) is 4.74 Å². The van der Waals surface area contributed by atoms with Crippen LogP contribution in [0.2, 0.25) is 0 Å². The molecule has 0 bridgehead atoms. The van der Waals surface area contributed by atoms with Crippen LogP contribution in [0.5, 0.6) is 0 Å². The second-order valence-corrected chi connectivity index (χ2v) is 5.26. The molecule has 0 spiro atoms.